The molecule has 0 aliphatic carbocycles. The molecule has 1 aromatic carbocycles. The van der Waals surface area contributed by atoms with Crippen molar-refractivity contribution in [2.75, 3.05) is 13.2 Å². The lowest BCUT2D eigenvalue weighted by molar-refractivity contribution is 0.0520. The van der Waals surface area contributed by atoms with Crippen molar-refractivity contribution in [3.05, 3.63) is 41.7 Å². The van der Waals surface area contributed by atoms with Crippen molar-refractivity contribution in [2.45, 2.75) is 20.5 Å². The lowest BCUT2D eigenvalue weighted by Crippen LogP contribution is -2.06. The smallest absolute Gasteiger partial charge is 0.356 e. The average Bonchev–Trinajstić information content (AvgIpc) is 2.91. The Morgan fingerprint density at radius 1 is 1.23 bits per heavy atom. The Morgan fingerprint density at radius 3 is 2.86 bits per heavy atom. The summed E-state index contributed by atoms with van der Waals surface area (Å²) in [5.41, 5.74) is 3.31. The summed E-state index contributed by atoms with van der Waals surface area (Å²) in [5.74, 6) is -0.402. The third kappa shape index (κ3) is 2.55. The Morgan fingerprint density at radius 2 is 2.09 bits per heavy atom. The molecule has 0 radical (unpaired) electrons. The molecule has 0 bridgehead atoms. The number of pyridine rings is 1. The molecule has 22 heavy (non-hydrogen) atoms. The van der Waals surface area contributed by atoms with E-state index in [0.717, 1.165) is 27.4 Å². The Bertz CT molecular complexity index is 823. The molecule has 0 saturated carbocycles. The molecule has 114 valence electrons. The molecule has 3 rings (SSSR count). The second-order valence-electron chi connectivity index (χ2n) is 4.94. The number of hydrogen-bond acceptors (Lipinski definition) is 4. The van der Waals surface area contributed by atoms with Crippen LogP contribution in [0.3, 0.4) is 0 Å². The van der Waals surface area contributed by atoms with Gasteiger partial charge in [0.25, 0.3) is 0 Å². The maximum atomic E-state index is 11.9. The highest BCUT2D eigenvalue weighted by atomic mass is 16.5. The summed E-state index contributed by atoms with van der Waals surface area (Å²) in [5, 5.41) is 2.03. The van der Waals surface area contributed by atoms with E-state index in [1.807, 2.05) is 25.1 Å². The van der Waals surface area contributed by atoms with Crippen LogP contribution in [0.1, 0.15) is 29.9 Å². The van der Waals surface area contributed by atoms with Crippen LogP contribution >= 0.6 is 0 Å². The zero-order valence-electron chi connectivity index (χ0n) is 12.7. The molecule has 2 heterocycles. The molecule has 0 amide bonds. The van der Waals surface area contributed by atoms with E-state index in [0.29, 0.717) is 25.5 Å². The van der Waals surface area contributed by atoms with Gasteiger partial charge in [-0.25, -0.2) is 9.78 Å². The number of rotatable bonds is 5. The first-order chi connectivity index (χ1) is 10.7. The van der Waals surface area contributed by atoms with Crippen LogP contribution in [-0.4, -0.2) is 29.2 Å². The molecule has 0 fully saturated rings. The summed E-state index contributed by atoms with van der Waals surface area (Å²) >= 11 is 0. The van der Waals surface area contributed by atoms with Crippen LogP contribution in [0.5, 0.6) is 0 Å². The highest BCUT2D eigenvalue weighted by Gasteiger charge is 2.14. The monoisotopic (exact) mass is 298 g/mol. The molecule has 5 heteroatoms. The Labute approximate surface area is 128 Å². The van der Waals surface area contributed by atoms with E-state index in [4.69, 9.17) is 9.47 Å². The van der Waals surface area contributed by atoms with Gasteiger partial charge in [-0.15, -0.1) is 0 Å². The second-order valence-corrected chi connectivity index (χ2v) is 4.94. The number of carbonyl (C=O) groups is 1. The van der Waals surface area contributed by atoms with Crippen molar-refractivity contribution in [3.63, 3.8) is 0 Å². The first kappa shape index (κ1) is 14.5. The zero-order valence-corrected chi connectivity index (χ0v) is 12.7. The van der Waals surface area contributed by atoms with Crippen LogP contribution < -0.4 is 0 Å². The molecule has 0 unspecified atom stereocenters. The van der Waals surface area contributed by atoms with Gasteiger partial charge in [-0.3, -0.25) is 0 Å². The van der Waals surface area contributed by atoms with E-state index in [2.05, 4.69) is 9.97 Å². The molecule has 0 spiro atoms. The lowest BCUT2D eigenvalue weighted by atomic mass is 10.1. The fourth-order valence-corrected chi connectivity index (χ4v) is 2.58. The standard InChI is InChI=1S/C17H18N2O3/c1-3-21-10-11-6-5-7-13-16(11)12-8-14(17(20)22-4-2)18-9-15(12)19-13/h5-9,19H,3-4,10H2,1-2H3. The van der Waals surface area contributed by atoms with Crippen LogP contribution in [0.4, 0.5) is 0 Å². The Kier molecular flexibility index (Phi) is 4.06. The molecule has 1 N–H and O–H groups in total. The van der Waals surface area contributed by atoms with Crippen LogP contribution in [0.25, 0.3) is 21.8 Å². The molecular formula is C17H18N2O3. The van der Waals surface area contributed by atoms with Crippen LogP contribution in [0, 0.1) is 0 Å². The van der Waals surface area contributed by atoms with Crippen molar-refractivity contribution in [3.8, 4) is 0 Å². The van der Waals surface area contributed by atoms with Gasteiger partial charge in [0.05, 0.1) is 24.9 Å². The average molecular weight is 298 g/mol. The largest absolute Gasteiger partial charge is 0.461 e. The Hall–Kier alpha value is -2.40. The van der Waals surface area contributed by atoms with Crippen molar-refractivity contribution in [1.29, 1.82) is 0 Å². The Balaban J connectivity index is 2.16. The second kappa shape index (κ2) is 6.15. The van der Waals surface area contributed by atoms with Crippen molar-refractivity contribution in [1.82, 2.24) is 9.97 Å². The number of aromatic nitrogens is 2. The van der Waals surface area contributed by atoms with Gasteiger partial charge < -0.3 is 14.5 Å². The number of fused-ring (bicyclic) bond motifs is 3. The minimum absolute atomic E-state index is 0.321. The molecule has 0 aliphatic rings. The maximum Gasteiger partial charge on any atom is 0.356 e. The molecule has 0 saturated heterocycles. The summed E-state index contributed by atoms with van der Waals surface area (Å²) < 4.78 is 10.6. The maximum absolute atomic E-state index is 11.9. The third-order valence-corrected chi connectivity index (χ3v) is 3.54. The first-order valence-electron chi connectivity index (χ1n) is 7.38. The molecule has 3 aromatic rings. The van der Waals surface area contributed by atoms with Crippen molar-refractivity contribution >= 4 is 27.8 Å². The number of carbonyl (C=O) groups excluding carboxylic acids is 1. The van der Waals surface area contributed by atoms with Crippen LogP contribution in [0.15, 0.2) is 30.5 Å². The van der Waals surface area contributed by atoms with Gasteiger partial charge in [0, 0.05) is 22.9 Å². The van der Waals surface area contributed by atoms with Crippen molar-refractivity contribution < 1.29 is 14.3 Å². The van der Waals surface area contributed by atoms with Gasteiger partial charge >= 0.3 is 5.97 Å². The van der Waals surface area contributed by atoms with E-state index in [-0.39, 0.29) is 0 Å². The predicted octanol–water partition coefficient (Wildman–Crippen LogP) is 3.43. The summed E-state index contributed by atoms with van der Waals surface area (Å²) in [4.78, 5) is 19.4. The fourth-order valence-electron chi connectivity index (χ4n) is 2.58. The number of esters is 1. The molecule has 0 aliphatic heterocycles. The third-order valence-electron chi connectivity index (χ3n) is 3.54. The van der Waals surface area contributed by atoms with Gasteiger partial charge in [-0.05, 0) is 31.5 Å². The molecular weight excluding hydrogens is 280 g/mol. The number of aromatic amines is 1. The van der Waals surface area contributed by atoms with Gasteiger partial charge in [-0.2, -0.15) is 0 Å². The van der Waals surface area contributed by atoms with Crippen LogP contribution in [-0.2, 0) is 16.1 Å². The molecule has 2 aromatic heterocycles. The topological polar surface area (TPSA) is 64.2 Å². The minimum Gasteiger partial charge on any atom is -0.461 e. The fraction of sp³-hybridized carbons (Fsp3) is 0.294. The predicted molar refractivity (Wildman–Crippen MR) is 84.9 cm³/mol. The summed E-state index contributed by atoms with van der Waals surface area (Å²) in [7, 11) is 0. The number of benzene rings is 1. The highest BCUT2D eigenvalue weighted by Crippen LogP contribution is 2.29. The minimum atomic E-state index is -0.402. The van der Waals surface area contributed by atoms with E-state index in [1.165, 1.54) is 0 Å². The summed E-state index contributed by atoms with van der Waals surface area (Å²) in [6.45, 7) is 5.29. The highest BCUT2D eigenvalue weighted by molar-refractivity contribution is 6.10. The van der Waals surface area contributed by atoms with Gasteiger partial charge in [0.1, 0.15) is 5.69 Å². The number of ether oxygens (including phenoxy) is 2. The van der Waals surface area contributed by atoms with Crippen molar-refractivity contribution in [2.24, 2.45) is 0 Å². The quantitative estimate of drug-likeness (QED) is 0.733. The van der Waals surface area contributed by atoms with Gasteiger partial charge in [0.2, 0.25) is 0 Å². The number of H-pyrrole nitrogens is 1. The van der Waals surface area contributed by atoms with Gasteiger partial charge in [0.15, 0.2) is 0 Å². The lowest BCUT2D eigenvalue weighted by Gasteiger charge is -2.05. The zero-order chi connectivity index (χ0) is 15.5. The number of hydrogen-bond donors (Lipinski definition) is 1. The number of nitrogens with one attached hydrogen (secondary N) is 1. The summed E-state index contributed by atoms with van der Waals surface area (Å²) in [6, 6.07) is 7.82. The van der Waals surface area contributed by atoms with E-state index >= 15 is 0 Å². The molecule has 0 atom stereocenters. The SMILES string of the molecule is CCOCc1cccc2[nH]c3cnc(C(=O)OCC)cc3c12. The van der Waals surface area contributed by atoms with E-state index < -0.39 is 5.97 Å². The van der Waals surface area contributed by atoms with Crippen LogP contribution in [0.2, 0.25) is 0 Å². The molecule has 5 nitrogen and oxygen atoms in total. The first-order valence-corrected chi connectivity index (χ1v) is 7.38. The number of nitrogens with zero attached hydrogens (tertiary/aromatic N) is 1. The van der Waals surface area contributed by atoms with E-state index in [9.17, 15) is 4.79 Å². The van der Waals surface area contributed by atoms with E-state index in [1.54, 1.807) is 19.2 Å². The summed E-state index contributed by atoms with van der Waals surface area (Å²) in [6.07, 6.45) is 1.67. The van der Waals surface area contributed by atoms with Gasteiger partial charge in [-0.1, -0.05) is 12.1 Å². The normalized spacial score (nSPS) is 11.2.